The van der Waals surface area contributed by atoms with Crippen LogP contribution in [0.1, 0.15) is 22.8 Å². The SMILES string of the molecule is COc1ccc(-c2c3nc(c(-c4c(F)c(F)c(Sc5ccccc5)c(F)c4F)c4nc(c(-c5ccc(OC)cc5)c5ccc([nH]5)c(-c5ccc(OC)cc5)c5ccc2[nH]5)C=C4)C=C3)cc1. The highest BCUT2D eigenvalue weighted by Crippen LogP contribution is 2.44. The van der Waals surface area contributed by atoms with Crippen molar-refractivity contribution in [2.24, 2.45) is 0 Å². The van der Waals surface area contributed by atoms with Crippen LogP contribution in [0.4, 0.5) is 17.6 Å². The summed E-state index contributed by atoms with van der Waals surface area (Å²) in [4.78, 5) is 16.9. The monoisotopic (exact) mass is 884 g/mol. The standard InChI is InChI=1S/C53H36F4N4O3S/c1-62-32-15-9-29(10-16-32)44-36-21-23-38(58-36)45(30-11-17-33(63-2)18-12-30)40-25-27-42(60-40)47(48-49(54)51(56)53(52(57)50(48)55)65-35-7-5-4-6-8-35)43-28-26-41(61-43)46(39-24-22-37(44)59-39)31-13-19-34(64-3)20-14-31/h4-28,58-59H,1-3H3. The summed E-state index contributed by atoms with van der Waals surface area (Å²) in [6.45, 7) is 0. The van der Waals surface area contributed by atoms with E-state index in [2.05, 4.69) is 9.97 Å². The summed E-state index contributed by atoms with van der Waals surface area (Å²) in [5, 5.41) is 0. The Morgan fingerprint density at radius 2 is 0.738 bits per heavy atom. The maximum absolute atomic E-state index is 16.8. The van der Waals surface area contributed by atoms with Gasteiger partial charge in [0, 0.05) is 49.2 Å². The number of nitrogens with one attached hydrogen (secondary N) is 2. The summed E-state index contributed by atoms with van der Waals surface area (Å²) in [6.07, 6.45) is 6.57. The molecule has 0 unspecified atom stereocenters. The third kappa shape index (κ3) is 7.51. The van der Waals surface area contributed by atoms with E-state index >= 15 is 17.6 Å². The van der Waals surface area contributed by atoms with Crippen LogP contribution in [0.3, 0.4) is 0 Å². The van der Waals surface area contributed by atoms with Crippen LogP contribution in [0.25, 0.3) is 90.9 Å². The molecule has 0 amide bonds. The lowest BCUT2D eigenvalue weighted by atomic mass is 10.00. The molecule has 8 aromatic rings. The molecule has 0 aliphatic carbocycles. The van der Waals surface area contributed by atoms with E-state index < -0.39 is 33.7 Å². The van der Waals surface area contributed by atoms with Crippen LogP contribution in [0.5, 0.6) is 17.2 Å². The fourth-order valence-electron chi connectivity index (χ4n) is 8.18. The molecule has 0 fully saturated rings. The third-order valence-corrected chi connectivity index (χ3v) is 12.4. The van der Waals surface area contributed by atoms with Gasteiger partial charge in [-0.25, -0.2) is 27.5 Å². The topological polar surface area (TPSA) is 85.1 Å². The van der Waals surface area contributed by atoms with E-state index in [9.17, 15) is 0 Å². The van der Waals surface area contributed by atoms with Crippen LogP contribution < -0.4 is 14.2 Å². The van der Waals surface area contributed by atoms with Crippen molar-refractivity contribution in [3.63, 3.8) is 0 Å². The van der Waals surface area contributed by atoms with Gasteiger partial charge >= 0.3 is 0 Å². The molecule has 0 radical (unpaired) electrons. The summed E-state index contributed by atoms with van der Waals surface area (Å²) < 4.78 is 82.7. The highest BCUT2D eigenvalue weighted by molar-refractivity contribution is 7.99. The molecule has 0 atom stereocenters. The van der Waals surface area contributed by atoms with E-state index in [1.54, 1.807) is 76.0 Å². The Morgan fingerprint density at radius 1 is 0.385 bits per heavy atom. The van der Waals surface area contributed by atoms with Gasteiger partial charge in [-0.05, 0) is 114 Å². The zero-order chi connectivity index (χ0) is 44.8. The Kier molecular flexibility index (Phi) is 10.8. The van der Waals surface area contributed by atoms with Gasteiger partial charge in [-0.2, -0.15) is 0 Å². The highest BCUT2D eigenvalue weighted by atomic mass is 32.2. The molecule has 8 bridgehead atoms. The first-order chi connectivity index (χ1) is 31.7. The molecule has 0 saturated heterocycles. The van der Waals surface area contributed by atoms with Gasteiger partial charge in [0.2, 0.25) is 0 Å². The van der Waals surface area contributed by atoms with Crippen molar-refractivity contribution in [3.8, 4) is 61.8 Å². The Labute approximate surface area is 374 Å². The first-order valence-electron chi connectivity index (χ1n) is 20.4. The van der Waals surface area contributed by atoms with E-state index in [4.69, 9.17) is 24.2 Å². The lowest BCUT2D eigenvalue weighted by Gasteiger charge is -2.13. The van der Waals surface area contributed by atoms with E-state index in [-0.39, 0.29) is 17.0 Å². The molecule has 3 aromatic heterocycles. The smallest absolute Gasteiger partial charge is 0.176 e. The molecule has 0 saturated carbocycles. The fraction of sp³-hybridized carbons (Fsp3) is 0.0566. The number of aromatic nitrogens is 4. The zero-order valence-corrected chi connectivity index (χ0v) is 35.8. The summed E-state index contributed by atoms with van der Waals surface area (Å²) in [5.74, 6) is -4.27. The molecule has 2 aliphatic heterocycles. The number of fused-ring (bicyclic) bond motifs is 8. The van der Waals surface area contributed by atoms with Gasteiger partial charge in [0.05, 0.1) is 54.6 Å². The molecule has 320 valence electrons. The fourth-order valence-corrected chi connectivity index (χ4v) is 9.07. The molecule has 65 heavy (non-hydrogen) atoms. The van der Waals surface area contributed by atoms with Crippen molar-refractivity contribution >= 4 is 58.1 Å². The molecular weight excluding hydrogens is 849 g/mol. The number of hydrogen-bond acceptors (Lipinski definition) is 6. The number of rotatable bonds is 9. The van der Waals surface area contributed by atoms with Crippen molar-refractivity contribution < 1.29 is 31.8 Å². The molecule has 5 aromatic carbocycles. The van der Waals surface area contributed by atoms with E-state index in [0.29, 0.717) is 67.5 Å². The number of H-pyrrole nitrogens is 2. The van der Waals surface area contributed by atoms with E-state index in [1.807, 2.05) is 97.1 Å². The molecule has 12 heteroatoms. The largest absolute Gasteiger partial charge is 0.497 e. The van der Waals surface area contributed by atoms with Crippen molar-refractivity contribution in [1.82, 2.24) is 19.9 Å². The number of benzene rings is 5. The number of aromatic amines is 2. The van der Waals surface area contributed by atoms with Crippen LogP contribution in [-0.2, 0) is 0 Å². The predicted octanol–water partition coefficient (Wildman–Crippen LogP) is 14.1. The number of ether oxygens (including phenoxy) is 3. The second-order valence-corrected chi connectivity index (χ2v) is 16.1. The summed E-state index contributed by atoms with van der Waals surface area (Å²) in [5.41, 5.74) is 7.06. The third-order valence-electron chi connectivity index (χ3n) is 11.3. The van der Waals surface area contributed by atoms with Gasteiger partial charge in [0.1, 0.15) is 17.2 Å². The van der Waals surface area contributed by atoms with Gasteiger partial charge in [-0.3, -0.25) is 0 Å². The lowest BCUT2D eigenvalue weighted by molar-refractivity contribution is 0.415. The summed E-state index contributed by atoms with van der Waals surface area (Å²) in [7, 11) is 4.77. The average Bonchev–Trinajstić information content (AvgIpc) is 4.20. The summed E-state index contributed by atoms with van der Waals surface area (Å²) >= 11 is 0.591. The highest BCUT2D eigenvalue weighted by Gasteiger charge is 2.31. The number of nitrogens with zero attached hydrogens (tertiary/aromatic N) is 2. The second kappa shape index (κ2) is 17.0. The van der Waals surface area contributed by atoms with Gasteiger partial charge < -0.3 is 24.2 Å². The first-order valence-corrected chi connectivity index (χ1v) is 21.2. The maximum Gasteiger partial charge on any atom is 0.176 e. The molecule has 7 nitrogen and oxygen atoms in total. The Balaban J connectivity index is 1.35. The Hall–Kier alpha value is -7.83. The molecule has 2 aliphatic rings. The minimum absolute atomic E-state index is 0.0354. The Bertz CT molecular complexity index is 3210. The normalized spacial score (nSPS) is 11.9. The molecule has 2 N–H and O–H groups in total. The zero-order valence-electron chi connectivity index (χ0n) is 35.0. The number of hydrogen-bond donors (Lipinski definition) is 2. The van der Waals surface area contributed by atoms with Crippen molar-refractivity contribution in [2.75, 3.05) is 21.3 Å². The van der Waals surface area contributed by atoms with Crippen LogP contribution >= 0.6 is 11.8 Å². The van der Waals surface area contributed by atoms with Crippen LogP contribution in [0, 0.1) is 23.3 Å². The van der Waals surface area contributed by atoms with Crippen molar-refractivity contribution in [2.45, 2.75) is 9.79 Å². The minimum atomic E-state index is -1.58. The lowest BCUT2D eigenvalue weighted by Crippen LogP contribution is -2.05. The summed E-state index contributed by atoms with van der Waals surface area (Å²) in [6, 6.07) is 38.7. The van der Waals surface area contributed by atoms with Gasteiger partial charge in [0.25, 0.3) is 0 Å². The first kappa shape index (κ1) is 41.2. The molecule has 10 rings (SSSR count). The van der Waals surface area contributed by atoms with Crippen LogP contribution in [-0.4, -0.2) is 41.3 Å². The quantitative estimate of drug-likeness (QED) is 0.111. The molecular formula is C53H36F4N4O3S. The Morgan fingerprint density at radius 3 is 1.12 bits per heavy atom. The van der Waals surface area contributed by atoms with Gasteiger partial charge in [-0.1, -0.05) is 66.4 Å². The van der Waals surface area contributed by atoms with Crippen molar-refractivity contribution in [1.29, 1.82) is 0 Å². The minimum Gasteiger partial charge on any atom is -0.497 e. The maximum atomic E-state index is 16.8. The van der Waals surface area contributed by atoms with Gasteiger partial charge in [-0.15, -0.1) is 0 Å². The second-order valence-electron chi connectivity index (χ2n) is 15.1. The van der Waals surface area contributed by atoms with Crippen LogP contribution in [0.15, 0.2) is 137 Å². The average molecular weight is 885 g/mol. The number of halogens is 4. The predicted molar refractivity (Wildman–Crippen MR) is 251 cm³/mol. The van der Waals surface area contributed by atoms with E-state index in [0.717, 1.165) is 33.3 Å². The van der Waals surface area contributed by atoms with E-state index in [1.165, 1.54) is 0 Å². The van der Waals surface area contributed by atoms with Crippen LogP contribution in [0.2, 0.25) is 0 Å². The number of methoxy groups -OCH3 is 3. The van der Waals surface area contributed by atoms with Gasteiger partial charge in [0.15, 0.2) is 23.3 Å². The van der Waals surface area contributed by atoms with Crippen molar-refractivity contribution in [3.05, 3.63) is 173 Å². The molecule has 5 heterocycles. The molecule has 0 spiro atoms.